The second-order valence-corrected chi connectivity index (χ2v) is 5.02. The third kappa shape index (κ3) is 2.61. The fourth-order valence-corrected chi connectivity index (χ4v) is 2.04. The van der Waals surface area contributed by atoms with E-state index >= 15 is 0 Å². The molecule has 1 heterocycles. The molecule has 3 nitrogen and oxygen atoms in total. The highest BCUT2D eigenvalue weighted by Gasteiger charge is 2.28. The minimum atomic E-state index is 0.0367. The van der Waals surface area contributed by atoms with Crippen molar-refractivity contribution in [2.75, 3.05) is 18.4 Å². The highest BCUT2D eigenvalue weighted by atomic mass is 35.5. The quantitative estimate of drug-likeness (QED) is 0.868. The van der Waals surface area contributed by atoms with E-state index in [0.717, 1.165) is 24.3 Å². The molecule has 1 fully saturated rings. The fourth-order valence-electron chi connectivity index (χ4n) is 1.87. The zero-order valence-corrected chi connectivity index (χ0v) is 10.8. The second kappa shape index (κ2) is 5.07. The van der Waals surface area contributed by atoms with Crippen LogP contribution in [0.2, 0.25) is 5.02 Å². The molecule has 0 radical (unpaired) electrons. The highest BCUT2D eigenvalue weighted by Crippen LogP contribution is 2.24. The van der Waals surface area contributed by atoms with Gasteiger partial charge in [0.1, 0.15) is 0 Å². The lowest BCUT2D eigenvalue weighted by Gasteiger charge is -2.31. The summed E-state index contributed by atoms with van der Waals surface area (Å²) in [5.41, 5.74) is 1.73. The van der Waals surface area contributed by atoms with E-state index in [1.165, 1.54) is 0 Å². The number of nitrogens with one attached hydrogen (secondary N) is 2. The summed E-state index contributed by atoms with van der Waals surface area (Å²) >= 11 is 6.02. The lowest BCUT2D eigenvalue weighted by Crippen LogP contribution is -2.48. The summed E-state index contributed by atoms with van der Waals surface area (Å²) in [6.07, 6.45) is 0. The van der Waals surface area contributed by atoms with E-state index in [0.29, 0.717) is 10.9 Å². The summed E-state index contributed by atoms with van der Waals surface area (Å²) in [6.45, 7) is 5.75. The van der Waals surface area contributed by atoms with Gasteiger partial charge < -0.3 is 10.6 Å². The summed E-state index contributed by atoms with van der Waals surface area (Å²) in [6, 6.07) is 5.55. The van der Waals surface area contributed by atoms with Crippen LogP contribution in [0.4, 0.5) is 5.69 Å². The molecular formula is C13H17ClN2O. The van der Waals surface area contributed by atoms with Crippen molar-refractivity contribution in [3.8, 4) is 0 Å². The maximum absolute atomic E-state index is 12.0. The lowest BCUT2D eigenvalue weighted by molar-refractivity contribution is -0.121. The third-order valence-electron chi connectivity index (χ3n) is 3.46. The molecule has 1 aliphatic heterocycles. The van der Waals surface area contributed by atoms with Crippen LogP contribution in [0, 0.1) is 18.8 Å². The van der Waals surface area contributed by atoms with Crippen LogP contribution in [-0.2, 0) is 4.79 Å². The Morgan fingerprint density at radius 2 is 2.24 bits per heavy atom. The van der Waals surface area contributed by atoms with Crippen LogP contribution in [0.25, 0.3) is 0 Å². The van der Waals surface area contributed by atoms with Gasteiger partial charge in [0.25, 0.3) is 0 Å². The summed E-state index contributed by atoms with van der Waals surface area (Å²) < 4.78 is 0. The molecule has 4 heteroatoms. The molecule has 0 aromatic heterocycles. The molecule has 0 spiro atoms. The number of rotatable bonds is 3. The molecule has 0 bridgehead atoms. The SMILES string of the molecule is Cc1c(Cl)cccc1NC(=O)C(C)C1CNC1. The van der Waals surface area contributed by atoms with E-state index < -0.39 is 0 Å². The Morgan fingerprint density at radius 3 is 2.82 bits per heavy atom. The van der Waals surface area contributed by atoms with Crippen molar-refractivity contribution in [3.05, 3.63) is 28.8 Å². The van der Waals surface area contributed by atoms with E-state index in [4.69, 9.17) is 11.6 Å². The average molecular weight is 253 g/mol. The summed E-state index contributed by atoms with van der Waals surface area (Å²) in [5.74, 6) is 0.561. The molecule has 2 rings (SSSR count). The first-order chi connectivity index (χ1) is 8.09. The first-order valence-electron chi connectivity index (χ1n) is 5.86. The lowest BCUT2D eigenvalue weighted by atomic mass is 9.88. The van der Waals surface area contributed by atoms with Gasteiger partial charge in [-0.25, -0.2) is 0 Å². The Kier molecular flexibility index (Phi) is 3.69. The molecular weight excluding hydrogens is 236 g/mol. The molecule has 1 aromatic carbocycles. The smallest absolute Gasteiger partial charge is 0.227 e. The van der Waals surface area contributed by atoms with Gasteiger partial charge in [0, 0.05) is 16.6 Å². The second-order valence-electron chi connectivity index (χ2n) is 4.61. The van der Waals surface area contributed by atoms with E-state index in [-0.39, 0.29) is 11.8 Å². The van der Waals surface area contributed by atoms with Crippen LogP contribution < -0.4 is 10.6 Å². The first kappa shape index (κ1) is 12.4. The molecule has 0 saturated carbocycles. The molecule has 1 unspecified atom stereocenters. The van der Waals surface area contributed by atoms with Gasteiger partial charge in [0.15, 0.2) is 0 Å². The first-order valence-corrected chi connectivity index (χ1v) is 6.24. The molecule has 0 aliphatic carbocycles. The van der Waals surface area contributed by atoms with Gasteiger partial charge in [0.2, 0.25) is 5.91 Å². The largest absolute Gasteiger partial charge is 0.326 e. The maximum atomic E-state index is 12.0. The van der Waals surface area contributed by atoms with Crippen molar-refractivity contribution in [2.45, 2.75) is 13.8 Å². The van der Waals surface area contributed by atoms with E-state index in [1.54, 1.807) is 0 Å². The molecule has 2 N–H and O–H groups in total. The molecule has 92 valence electrons. The molecule has 1 atom stereocenters. The Hall–Kier alpha value is -1.06. The summed E-state index contributed by atoms with van der Waals surface area (Å²) in [7, 11) is 0. The van der Waals surface area contributed by atoms with Gasteiger partial charge in [-0.1, -0.05) is 24.6 Å². The predicted octanol–water partition coefficient (Wildman–Crippen LogP) is 2.44. The number of carbonyl (C=O) groups excluding carboxylic acids is 1. The molecule has 1 aliphatic rings. The van der Waals surface area contributed by atoms with Gasteiger partial charge in [-0.3, -0.25) is 4.79 Å². The van der Waals surface area contributed by atoms with Crippen LogP contribution in [0.3, 0.4) is 0 Å². The molecule has 1 amide bonds. The molecule has 17 heavy (non-hydrogen) atoms. The average Bonchev–Trinajstić information content (AvgIpc) is 2.22. The van der Waals surface area contributed by atoms with Gasteiger partial charge in [-0.2, -0.15) is 0 Å². The number of anilines is 1. The fraction of sp³-hybridized carbons (Fsp3) is 0.462. The van der Waals surface area contributed by atoms with Crippen LogP contribution in [0.15, 0.2) is 18.2 Å². The minimum absolute atomic E-state index is 0.0367. The zero-order chi connectivity index (χ0) is 12.4. The zero-order valence-electron chi connectivity index (χ0n) is 10.1. The number of amides is 1. The Bertz CT molecular complexity index is 429. The number of halogens is 1. The monoisotopic (exact) mass is 252 g/mol. The van der Waals surface area contributed by atoms with E-state index in [1.807, 2.05) is 32.0 Å². The predicted molar refractivity (Wildman–Crippen MR) is 70.3 cm³/mol. The highest BCUT2D eigenvalue weighted by molar-refractivity contribution is 6.31. The van der Waals surface area contributed by atoms with Gasteiger partial charge >= 0.3 is 0 Å². The van der Waals surface area contributed by atoms with Gasteiger partial charge in [-0.15, -0.1) is 0 Å². The standard InChI is InChI=1S/C13H17ClN2O/c1-8(10-6-15-7-10)13(17)16-12-5-3-4-11(14)9(12)2/h3-5,8,10,15H,6-7H2,1-2H3,(H,16,17). The van der Waals surface area contributed by atoms with Gasteiger partial charge in [-0.05, 0) is 43.6 Å². The van der Waals surface area contributed by atoms with Crippen molar-refractivity contribution in [2.24, 2.45) is 11.8 Å². The van der Waals surface area contributed by atoms with Crippen molar-refractivity contribution >= 4 is 23.2 Å². The van der Waals surface area contributed by atoms with Crippen molar-refractivity contribution in [3.63, 3.8) is 0 Å². The van der Waals surface area contributed by atoms with Crippen molar-refractivity contribution in [1.82, 2.24) is 5.32 Å². The van der Waals surface area contributed by atoms with E-state index in [2.05, 4.69) is 10.6 Å². The normalized spacial score (nSPS) is 17.4. The number of benzene rings is 1. The Balaban J connectivity index is 2.04. The maximum Gasteiger partial charge on any atom is 0.227 e. The molecule has 1 aromatic rings. The number of carbonyl (C=O) groups is 1. The summed E-state index contributed by atoms with van der Waals surface area (Å²) in [4.78, 5) is 12.0. The van der Waals surface area contributed by atoms with Crippen molar-refractivity contribution < 1.29 is 4.79 Å². The summed E-state index contributed by atoms with van der Waals surface area (Å²) in [5, 5.41) is 6.81. The topological polar surface area (TPSA) is 41.1 Å². The Labute approximate surface area is 107 Å². The van der Waals surface area contributed by atoms with Crippen LogP contribution >= 0.6 is 11.6 Å². The Morgan fingerprint density at radius 1 is 1.53 bits per heavy atom. The van der Waals surface area contributed by atoms with Crippen LogP contribution in [0.5, 0.6) is 0 Å². The van der Waals surface area contributed by atoms with Crippen molar-refractivity contribution in [1.29, 1.82) is 0 Å². The number of hydrogen-bond donors (Lipinski definition) is 2. The third-order valence-corrected chi connectivity index (χ3v) is 3.87. The number of hydrogen-bond acceptors (Lipinski definition) is 2. The van der Waals surface area contributed by atoms with Crippen LogP contribution in [-0.4, -0.2) is 19.0 Å². The van der Waals surface area contributed by atoms with E-state index in [9.17, 15) is 4.79 Å². The minimum Gasteiger partial charge on any atom is -0.326 e. The van der Waals surface area contributed by atoms with Crippen LogP contribution in [0.1, 0.15) is 12.5 Å². The van der Waals surface area contributed by atoms with Gasteiger partial charge in [0.05, 0.1) is 0 Å². The molecule has 1 saturated heterocycles.